The average molecular weight is 329 g/mol. The van der Waals surface area contributed by atoms with Crippen LogP contribution in [0.2, 0.25) is 0 Å². The molecular formula is C17H16FN3OS. The second-order valence-electron chi connectivity index (χ2n) is 5.20. The normalized spacial score (nSPS) is 12.3. The number of imidazole rings is 1. The Morgan fingerprint density at radius 1 is 1.26 bits per heavy atom. The number of para-hydroxylation sites is 2. The molecule has 1 amide bonds. The number of nitrogens with zero attached hydrogens (tertiary/aromatic N) is 2. The zero-order chi connectivity index (χ0) is 16.4. The van der Waals surface area contributed by atoms with Crippen LogP contribution in [0.25, 0.3) is 11.0 Å². The van der Waals surface area contributed by atoms with Crippen molar-refractivity contribution >= 4 is 34.4 Å². The van der Waals surface area contributed by atoms with Gasteiger partial charge >= 0.3 is 0 Å². The van der Waals surface area contributed by atoms with Crippen LogP contribution in [0, 0.1) is 5.82 Å². The van der Waals surface area contributed by atoms with E-state index in [9.17, 15) is 9.18 Å². The highest BCUT2D eigenvalue weighted by Gasteiger charge is 2.18. The van der Waals surface area contributed by atoms with E-state index in [4.69, 9.17) is 0 Å². The van der Waals surface area contributed by atoms with Gasteiger partial charge in [-0.2, -0.15) is 0 Å². The molecule has 1 unspecified atom stereocenters. The Morgan fingerprint density at radius 3 is 2.78 bits per heavy atom. The van der Waals surface area contributed by atoms with Crippen molar-refractivity contribution in [1.82, 2.24) is 9.55 Å². The number of anilines is 1. The number of carbonyl (C=O) groups excluding carboxylic acids is 1. The Balaban J connectivity index is 1.73. The Bertz CT molecular complexity index is 862. The molecule has 0 spiro atoms. The van der Waals surface area contributed by atoms with Gasteiger partial charge in [-0.25, -0.2) is 9.37 Å². The number of amides is 1. The summed E-state index contributed by atoms with van der Waals surface area (Å²) in [6.07, 6.45) is 0. The fraction of sp³-hybridized carbons (Fsp3) is 0.176. The Kier molecular flexibility index (Phi) is 4.34. The highest BCUT2D eigenvalue weighted by atomic mass is 32.2. The lowest BCUT2D eigenvalue weighted by Crippen LogP contribution is -2.22. The van der Waals surface area contributed by atoms with E-state index in [-0.39, 0.29) is 17.0 Å². The van der Waals surface area contributed by atoms with Gasteiger partial charge in [-0.3, -0.25) is 4.79 Å². The number of halogens is 1. The molecule has 23 heavy (non-hydrogen) atoms. The molecule has 1 heterocycles. The number of fused-ring (bicyclic) bond motifs is 1. The highest BCUT2D eigenvalue weighted by molar-refractivity contribution is 8.00. The smallest absolute Gasteiger partial charge is 0.237 e. The van der Waals surface area contributed by atoms with Crippen molar-refractivity contribution in [2.45, 2.75) is 17.3 Å². The fourth-order valence-electron chi connectivity index (χ4n) is 2.25. The molecule has 0 aliphatic carbocycles. The molecule has 3 rings (SSSR count). The quantitative estimate of drug-likeness (QED) is 0.740. The third kappa shape index (κ3) is 3.37. The van der Waals surface area contributed by atoms with Gasteiger partial charge in [-0.1, -0.05) is 30.0 Å². The van der Waals surface area contributed by atoms with Crippen LogP contribution < -0.4 is 5.32 Å². The van der Waals surface area contributed by atoms with Crippen LogP contribution in [0.1, 0.15) is 6.92 Å². The molecule has 0 fully saturated rings. The molecule has 6 heteroatoms. The van der Waals surface area contributed by atoms with E-state index >= 15 is 0 Å². The second-order valence-corrected chi connectivity index (χ2v) is 6.51. The minimum absolute atomic E-state index is 0.187. The second kappa shape index (κ2) is 6.42. The number of aryl methyl sites for hydroxylation is 1. The molecule has 1 aromatic heterocycles. The lowest BCUT2D eigenvalue weighted by molar-refractivity contribution is -0.115. The van der Waals surface area contributed by atoms with Crippen molar-refractivity contribution < 1.29 is 9.18 Å². The van der Waals surface area contributed by atoms with Crippen molar-refractivity contribution in [1.29, 1.82) is 0 Å². The van der Waals surface area contributed by atoms with E-state index in [0.29, 0.717) is 5.69 Å². The van der Waals surface area contributed by atoms with E-state index < -0.39 is 0 Å². The standard InChI is InChI=1S/C17H16FN3OS/c1-11(16(22)19-13-7-5-6-12(18)10-13)23-17-20-14-8-3-4-9-15(14)21(17)2/h3-11H,1-2H3,(H,19,22). The number of rotatable bonds is 4. The molecule has 0 radical (unpaired) electrons. The molecule has 118 valence electrons. The predicted octanol–water partition coefficient (Wildman–Crippen LogP) is 3.83. The lowest BCUT2D eigenvalue weighted by Gasteiger charge is -2.11. The molecule has 0 aliphatic rings. The molecule has 2 aromatic carbocycles. The number of aromatic nitrogens is 2. The van der Waals surface area contributed by atoms with Crippen molar-refractivity contribution in [2.24, 2.45) is 7.05 Å². The van der Waals surface area contributed by atoms with Gasteiger partial charge in [0.15, 0.2) is 5.16 Å². The summed E-state index contributed by atoms with van der Waals surface area (Å²) in [5.41, 5.74) is 2.37. The van der Waals surface area contributed by atoms with E-state index in [2.05, 4.69) is 10.3 Å². The first-order chi connectivity index (χ1) is 11.0. The van der Waals surface area contributed by atoms with E-state index in [1.807, 2.05) is 35.9 Å². The summed E-state index contributed by atoms with van der Waals surface area (Å²) in [7, 11) is 1.93. The van der Waals surface area contributed by atoms with Crippen LogP contribution >= 0.6 is 11.8 Å². The van der Waals surface area contributed by atoms with Gasteiger partial charge in [0, 0.05) is 12.7 Å². The first kappa shape index (κ1) is 15.6. The molecule has 3 aromatic rings. The summed E-state index contributed by atoms with van der Waals surface area (Å²) in [5.74, 6) is -0.564. The Morgan fingerprint density at radius 2 is 2.04 bits per heavy atom. The van der Waals surface area contributed by atoms with Gasteiger partial charge in [-0.05, 0) is 37.3 Å². The number of thioether (sulfide) groups is 1. The van der Waals surface area contributed by atoms with Crippen LogP contribution in [0.4, 0.5) is 10.1 Å². The summed E-state index contributed by atoms with van der Waals surface area (Å²) < 4.78 is 15.1. The van der Waals surface area contributed by atoms with Crippen molar-refractivity contribution in [3.63, 3.8) is 0 Å². The first-order valence-corrected chi connectivity index (χ1v) is 8.07. The van der Waals surface area contributed by atoms with Gasteiger partial charge in [0.2, 0.25) is 5.91 Å². The maximum Gasteiger partial charge on any atom is 0.237 e. The van der Waals surface area contributed by atoms with Gasteiger partial charge < -0.3 is 9.88 Å². The van der Waals surface area contributed by atoms with Crippen LogP contribution in [-0.2, 0) is 11.8 Å². The van der Waals surface area contributed by atoms with E-state index in [0.717, 1.165) is 16.2 Å². The number of hydrogen-bond acceptors (Lipinski definition) is 3. The van der Waals surface area contributed by atoms with Crippen molar-refractivity contribution in [3.05, 3.63) is 54.3 Å². The minimum atomic E-state index is -0.376. The van der Waals surface area contributed by atoms with Gasteiger partial charge in [0.25, 0.3) is 0 Å². The molecule has 0 saturated carbocycles. The molecule has 0 saturated heterocycles. The molecule has 1 atom stereocenters. The molecule has 0 bridgehead atoms. The van der Waals surface area contributed by atoms with E-state index in [1.165, 1.54) is 23.9 Å². The van der Waals surface area contributed by atoms with Crippen LogP contribution in [0.5, 0.6) is 0 Å². The van der Waals surface area contributed by atoms with Gasteiger partial charge in [0.1, 0.15) is 5.82 Å². The topological polar surface area (TPSA) is 46.9 Å². The first-order valence-electron chi connectivity index (χ1n) is 7.19. The Labute approximate surface area is 137 Å². The monoisotopic (exact) mass is 329 g/mol. The lowest BCUT2D eigenvalue weighted by atomic mass is 10.3. The summed E-state index contributed by atoms with van der Waals surface area (Å²) in [6, 6.07) is 13.7. The maximum absolute atomic E-state index is 13.2. The van der Waals surface area contributed by atoms with Crippen LogP contribution in [-0.4, -0.2) is 20.7 Å². The summed E-state index contributed by atoms with van der Waals surface area (Å²) in [4.78, 5) is 16.8. The predicted molar refractivity (Wildman–Crippen MR) is 91.1 cm³/mol. The van der Waals surface area contributed by atoms with Crippen molar-refractivity contribution in [2.75, 3.05) is 5.32 Å². The number of nitrogens with one attached hydrogen (secondary N) is 1. The highest BCUT2D eigenvalue weighted by Crippen LogP contribution is 2.26. The molecular weight excluding hydrogens is 313 g/mol. The number of hydrogen-bond donors (Lipinski definition) is 1. The van der Waals surface area contributed by atoms with Crippen LogP contribution in [0.3, 0.4) is 0 Å². The zero-order valence-electron chi connectivity index (χ0n) is 12.8. The van der Waals surface area contributed by atoms with E-state index in [1.54, 1.807) is 19.1 Å². The summed E-state index contributed by atoms with van der Waals surface area (Å²) in [5, 5.41) is 3.14. The summed E-state index contributed by atoms with van der Waals surface area (Å²) >= 11 is 1.37. The van der Waals surface area contributed by atoms with Crippen LogP contribution in [0.15, 0.2) is 53.7 Å². The van der Waals surface area contributed by atoms with Gasteiger partial charge in [-0.15, -0.1) is 0 Å². The largest absolute Gasteiger partial charge is 0.325 e. The number of benzene rings is 2. The summed E-state index contributed by atoms with van der Waals surface area (Å²) in [6.45, 7) is 1.80. The van der Waals surface area contributed by atoms with Crippen molar-refractivity contribution in [3.8, 4) is 0 Å². The molecule has 4 nitrogen and oxygen atoms in total. The zero-order valence-corrected chi connectivity index (χ0v) is 13.6. The Hall–Kier alpha value is -2.34. The third-order valence-electron chi connectivity index (χ3n) is 3.49. The third-order valence-corrected chi connectivity index (χ3v) is 4.63. The minimum Gasteiger partial charge on any atom is -0.325 e. The SMILES string of the molecule is CC(Sc1nc2ccccc2n1C)C(=O)Nc1cccc(F)c1. The molecule has 0 aliphatic heterocycles. The maximum atomic E-state index is 13.2. The van der Waals surface area contributed by atoms with Gasteiger partial charge in [0.05, 0.1) is 16.3 Å². The average Bonchev–Trinajstić information content (AvgIpc) is 2.84. The number of carbonyl (C=O) groups is 1. The molecule has 1 N–H and O–H groups in total. The fourth-order valence-corrected chi connectivity index (χ4v) is 3.14.